The van der Waals surface area contributed by atoms with E-state index in [1.807, 2.05) is 74.8 Å². The van der Waals surface area contributed by atoms with E-state index in [0.717, 1.165) is 11.1 Å². The second kappa shape index (κ2) is 8.91. The maximum Gasteiger partial charge on any atom is 0.259 e. The monoisotopic (exact) mass is 370 g/mol. The molecule has 0 aliphatic rings. The zero-order valence-corrected chi connectivity index (χ0v) is 15.9. The van der Waals surface area contributed by atoms with Crippen LogP contribution in [0.3, 0.4) is 0 Å². The summed E-state index contributed by atoms with van der Waals surface area (Å²) in [6.45, 7) is 0. The van der Waals surface area contributed by atoms with Gasteiger partial charge in [-0.25, -0.2) is 4.99 Å². The minimum Gasteiger partial charge on any atom is -0.369 e. The van der Waals surface area contributed by atoms with Crippen molar-refractivity contribution in [1.82, 2.24) is 4.90 Å². The lowest BCUT2D eigenvalue weighted by atomic mass is 9.89. The van der Waals surface area contributed by atoms with Crippen molar-refractivity contribution in [3.8, 4) is 0 Å². The lowest BCUT2D eigenvalue weighted by molar-refractivity contribution is -0.118. The molecule has 0 bridgehead atoms. The number of benzene rings is 3. The Morgan fingerprint density at radius 2 is 1.25 bits per heavy atom. The summed E-state index contributed by atoms with van der Waals surface area (Å²) in [5.74, 6) is -0.805. The molecular weight excluding hydrogens is 348 g/mol. The first-order chi connectivity index (χ1) is 13.6. The van der Waals surface area contributed by atoms with Crippen molar-refractivity contribution in [2.24, 2.45) is 4.99 Å². The number of amides is 1. The van der Waals surface area contributed by atoms with Gasteiger partial charge in [0.2, 0.25) is 0 Å². The molecule has 3 rings (SSSR count). The van der Waals surface area contributed by atoms with Gasteiger partial charge in [-0.1, -0.05) is 84.9 Å². The van der Waals surface area contributed by atoms with Crippen molar-refractivity contribution in [3.05, 3.63) is 107 Å². The van der Waals surface area contributed by atoms with Crippen molar-refractivity contribution in [2.45, 2.75) is 5.92 Å². The van der Waals surface area contributed by atoms with Gasteiger partial charge in [-0.05, 0) is 11.1 Å². The number of carbonyl (C=O) groups is 2. The summed E-state index contributed by atoms with van der Waals surface area (Å²) in [6.07, 6.45) is 1.51. The van der Waals surface area contributed by atoms with Crippen LogP contribution in [0.15, 0.2) is 89.9 Å². The normalized spacial score (nSPS) is 11.9. The van der Waals surface area contributed by atoms with Crippen LogP contribution in [0.4, 0.5) is 0 Å². The van der Waals surface area contributed by atoms with Gasteiger partial charge >= 0.3 is 0 Å². The molecular formula is C24H22N2O2. The van der Waals surface area contributed by atoms with E-state index < -0.39 is 5.92 Å². The van der Waals surface area contributed by atoms with Crippen LogP contribution in [0.5, 0.6) is 0 Å². The van der Waals surface area contributed by atoms with Crippen LogP contribution < -0.4 is 0 Å². The molecule has 0 N–H and O–H groups in total. The van der Waals surface area contributed by atoms with Crippen LogP contribution >= 0.6 is 0 Å². The Hall–Kier alpha value is -3.53. The van der Waals surface area contributed by atoms with Crippen LogP contribution in [0, 0.1) is 0 Å². The molecule has 0 aromatic heterocycles. The SMILES string of the molecule is CN(C)C=NC(=O)C(c1ccccc1)c1ccc(C(=O)c2ccccc2)cc1. The standard InChI is InChI=1S/C24H22N2O2/c1-26(2)17-25-24(28)22(18-9-5-3-6-10-18)19-13-15-21(16-14-19)23(27)20-11-7-4-8-12-20/h3-17,22H,1-2H3. The quantitative estimate of drug-likeness (QED) is 0.372. The molecule has 1 amide bonds. The zero-order valence-electron chi connectivity index (χ0n) is 15.9. The Morgan fingerprint density at radius 3 is 1.82 bits per heavy atom. The molecule has 1 unspecified atom stereocenters. The predicted molar refractivity (Wildman–Crippen MR) is 112 cm³/mol. The third-order valence-corrected chi connectivity index (χ3v) is 4.34. The predicted octanol–water partition coefficient (Wildman–Crippen LogP) is 4.17. The molecule has 140 valence electrons. The van der Waals surface area contributed by atoms with Crippen molar-refractivity contribution in [1.29, 1.82) is 0 Å². The largest absolute Gasteiger partial charge is 0.369 e. The fourth-order valence-corrected chi connectivity index (χ4v) is 2.95. The topological polar surface area (TPSA) is 49.7 Å². The van der Waals surface area contributed by atoms with E-state index in [9.17, 15) is 9.59 Å². The first kappa shape index (κ1) is 19.2. The number of hydrogen-bond acceptors (Lipinski definition) is 2. The Morgan fingerprint density at radius 1 is 0.750 bits per heavy atom. The maximum atomic E-state index is 12.8. The molecule has 0 aliphatic heterocycles. The van der Waals surface area contributed by atoms with Crippen LogP contribution in [0.2, 0.25) is 0 Å². The van der Waals surface area contributed by atoms with Crippen LogP contribution in [-0.2, 0) is 4.79 Å². The molecule has 0 heterocycles. The molecule has 1 atom stereocenters. The van der Waals surface area contributed by atoms with Gasteiger partial charge in [-0.3, -0.25) is 9.59 Å². The van der Waals surface area contributed by atoms with Crippen molar-refractivity contribution in [3.63, 3.8) is 0 Å². The summed E-state index contributed by atoms with van der Waals surface area (Å²) in [5, 5.41) is 0. The Bertz CT molecular complexity index is 963. The van der Waals surface area contributed by atoms with E-state index in [0.29, 0.717) is 11.1 Å². The second-order valence-electron chi connectivity index (χ2n) is 6.71. The van der Waals surface area contributed by atoms with Crippen molar-refractivity contribution >= 4 is 18.0 Å². The average molecular weight is 370 g/mol. The average Bonchev–Trinajstić information content (AvgIpc) is 2.74. The molecule has 0 spiro atoms. The summed E-state index contributed by atoms with van der Waals surface area (Å²) in [6, 6.07) is 25.9. The summed E-state index contributed by atoms with van der Waals surface area (Å²) in [4.78, 5) is 31.2. The highest BCUT2D eigenvalue weighted by atomic mass is 16.1. The minimum atomic E-state index is -0.515. The number of carbonyl (C=O) groups excluding carboxylic acids is 2. The van der Waals surface area contributed by atoms with Gasteiger partial charge < -0.3 is 4.90 Å². The number of nitrogens with zero attached hydrogens (tertiary/aromatic N) is 2. The highest BCUT2D eigenvalue weighted by Crippen LogP contribution is 2.27. The van der Waals surface area contributed by atoms with E-state index in [4.69, 9.17) is 0 Å². The Kier molecular flexibility index (Phi) is 6.12. The molecule has 0 saturated carbocycles. The molecule has 0 fully saturated rings. The fourth-order valence-electron chi connectivity index (χ4n) is 2.95. The Labute approximate surface area is 165 Å². The van der Waals surface area contributed by atoms with Gasteiger partial charge in [0.25, 0.3) is 5.91 Å². The highest BCUT2D eigenvalue weighted by Gasteiger charge is 2.22. The zero-order chi connectivity index (χ0) is 19.9. The van der Waals surface area contributed by atoms with Crippen LogP contribution in [0.1, 0.15) is 33.0 Å². The fraction of sp³-hybridized carbons (Fsp3) is 0.125. The maximum absolute atomic E-state index is 12.8. The smallest absolute Gasteiger partial charge is 0.259 e. The van der Waals surface area contributed by atoms with Crippen LogP contribution in [-0.4, -0.2) is 37.0 Å². The van der Waals surface area contributed by atoms with Gasteiger partial charge in [0.15, 0.2) is 5.78 Å². The number of hydrogen-bond donors (Lipinski definition) is 0. The van der Waals surface area contributed by atoms with Crippen molar-refractivity contribution in [2.75, 3.05) is 14.1 Å². The van der Waals surface area contributed by atoms with Gasteiger partial charge in [0.05, 0.1) is 12.3 Å². The van der Waals surface area contributed by atoms with Gasteiger partial charge in [0, 0.05) is 25.2 Å². The van der Waals surface area contributed by atoms with E-state index >= 15 is 0 Å². The van der Waals surface area contributed by atoms with Crippen molar-refractivity contribution < 1.29 is 9.59 Å². The lowest BCUT2D eigenvalue weighted by Crippen LogP contribution is -2.16. The third-order valence-electron chi connectivity index (χ3n) is 4.34. The van der Waals surface area contributed by atoms with Crippen LogP contribution in [0.25, 0.3) is 0 Å². The second-order valence-corrected chi connectivity index (χ2v) is 6.71. The highest BCUT2D eigenvalue weighted by molar-refractivity contribution is 6.09. The molecule has 0 saturated heterocycles. The van der Waals surface area contributed by atoms with Gasteiger partial charge in [0.1, 0.15) is 0 Å². The third kappa shape index (κ3) is 4.60. The summed E-state index contributed by atoms with van der Waals surface area (Å²) in [7, 11) is 3.64. The lowest BCUT2D eigenvalue weighted by Gasteiger charge is -2.15. The first-order valence-corrected chi connectivity index (χ1v) is 9.05. The first-order valence-electron chi connectivity index (χ1n) is 9.05. The van der Waals surface area contributed by atoms with E-state index in [1.54, 1.807) is 29.2 Å². The summed E-state index contributed by atoms with van der Waals surface area (Å²) >= 11 is 0. The summed E-state index contributed by atoms with van der Waals surface area (Å²) < 4.78 is 0. The van der Waals surface area contributed by atoms with E-state index in [1.165, 1.54) is 6.34 Å². The number of ketones is 1. The van der Waals surface area contributed by atoms with Gasteiger partial charge in [-0.15, -0.1) is 0 Å². The number of aliphatic imine (C=N–C) groups is 1. The summed E-state index contributed by atoms with van der Waals surface area (Å²) in [5.41, 5.74) is 2.90. The van der Waals surface area contributed by atoms with E-state index in [-0.39, 0.29) is 11.7 Å². The minimum absolute atomic E-state index is 0.0413. The molecule has 0 aliphatic carbocycles. The van der Waals surface area contributed by atoms with Gasteiger partial charge in [-0.2, -0.15) is 0 Å². The molecule has 28 heavy (non-hydrogen) atoms. The Balaban J connectivity index is 1.92. The molecule has 3 aromatic rings. The molecule has 0 radical (unpaired) electrons. The molecule has 4 nitrogen and oxygen atoms in total. The number of rotatable bonds is 6. The van der Waals surface area contributed by atoms with E-state index in [2.05, 4.69) is 4.99 Å². The molecule has 4 heteroatoms. The molecule has 3 aromatic carbocycles.